The van der Waals surface area contributed by atoms with Gasteiger partial charge in [-0.25, -0.2) is 4.68 Å². The maximum atomic E-state index is 4.27. The summed E-state index contributed by atoms with van der Waals surface area (Å²) in [6, 6.07) is 8.77. The molecule has 1 saturated heterocycles. The highest BCUT2D eigenvalue weighted by Gasteiger charge is 2.20. The summed E-state index contributed by atoms with van der Waals surface area (Å²) in [5, 5.41) is 11.7. The molecular weight excluding hydrogens is 232 g/mol. The second-order valence-corrected chi connectivity index (χ2v) is 4.94. The molecule has 0 unspecified atom stereocenters. The van der Waals surface area contributed by atoms with Crippen molar-refractivity contribution in [1.29, 1.82) is 0 Å². The fourth-order valence-corrected chi connectivity index (χ4v) is 2.50. The second kappa shape index (κ2) is 4.50. The van der Waals surface area contributed by atoms with Gasteiger partial charge < -0.3 is 5.32 Å². The Hall–Kier alpha value is -1.33. The van der Waals surface area contributed by atoms with Crippen molar-refractivity contribution < 1.29 is 0 Å². The summed E-state index contributed by atoms with van der Waals surface area (Å²) in [5.41, 5.74) is 2.13. The number of aromatic nitrogens is 3. The fourth-order valence-electron chi connectivity index (χ4n) is 1.90. The zero-order valence-electron chi connectivity index (χ0n) is 9.63. The molecule has 4 nitrogen and oxygen atoms in total. The van der Waals surface area contributed by atoms with Gasteiger partial charge in [0.1, 0.15) is 5.69 Å². The minimum Gasteiger partial charge on any atom is -0.312 e. The van der Waals surface area contributed by atoms with Crippen LogP contribution in [0.25, 0.3) is 11.3 Å². The Balaban J connectivity index is 1.94. The fraction of sp³-hybridized carbons (Fsp3) is 0.333. The summed E-state index contributed by atoms with van der Waals surface area (Å²) in [4.78, 5) is 1.24. The quantitative estimate of drug-likeness (QED) is 0.839. The van der Waals surface area contributed by atoms with E-state index in [1.807, 2.05) is 16.9 Å². The standard InChI is InChI=1S/C12H14N4S/c1-17-12-5-3-2-4-10(12)11-8-16(15-14-11)9-6-13-7-9/h2-5,8-9,13H,6-7H2,1H3. The van der Waals surface area contributed by atoms with E-state index < -0.39 is 0 Å². The third-order valence-electron chi connectivity index (χ3n) is 3.03. The zero-order chi connectivity index (χ0) is 11.7. The van der Waals surface area contributed by atoms with Gasteiger partial charge in [-0.15, -0.1) is 16.9 Å². The predicted octanol–water partition coefficient (Wildman–Crippen LogP) is 1.81. The highest BCUT2D eigenvalue weighted by Crippen LogP contribution is 2.28. The Labute approximate surface area is 104 Å². The first kappa shape index (κ1) is 10.8. The van der Waals surface area contributed by atoms with Gasteiger partial charge in [0, 0.05) is 23.5 Å². The molecule has 88 valence electrons. The molecule has 1 N–H and O–H groups in total. The highest BCUT2D eigenvalue weighted by atomic mass is 32.2. The number of nitrogens with zero attached hydrogens (tertiary/aromatic N) is 3. The summed E-state index contributed by atoms with van der Waals surface area (Å²) in [6.45, 7) is 1.99. The van der Waals surface area contributed by atoms with Crippen LogP contribution in [-0.2, 0) is 0 Å². The topological polar surface area (TPSA) is 42.7 Å². The van der Waals surface area contributed by atoms with E-state index in [4.69, 9.17) is 0 Å². The lowest BCUT2D eigenvalue weighted by molar-refractivity contribution is 0.313. The molecule has 1 aliphatic rings. The van der Waals surface area contributed by atoms with Crippen molar-refractivity contribution in [2.75, 3.05) is 19.3 Å². The van der Waals surface area contributed by atoms with Crippen LogP contribution in [0.15, 0.2) is 35.4 Å². The lowest BCUT2D eigenvalue weighted by Crippen LogP contribution is -2.43. The highest BCUT2D eigenvalue weighted by molar-refractivity contribution is 7.98. The van der Waals surface area contributed by atoms with E-state index in [0.29, 0.717) is 6.04 Å². The molecule has 2 heterocycles. The van der Waals surface area contributed by atoms with E-state index in [1.54, 1.807) is 11.8 Å². The molecule has 1 aromatic heterocycles. The SMILES string of the molecule is CSc1ccccc1-c1cn(C2CNC2)nn1. The van der Waals surface area contributed by atoms with Gasteiger partial charge in [-0.3, -0.25) is 0 Å². The van der Waals surface area contributed by atoms with Gasteiger partial charge in [0.05, 0.1) is 12.2 Å². The van der Waals surface area contributed by atoms with E-state index in [1.165, 1.54) is 10.5 Å². The summed E-state index contributed by atoms with van der Waals surface area (Å²) in [5.74, 6) is 0. The smallest absolute Gasteiger partial charge is 0.114 e. The van der Waals surface area contributed by atoms with Crippen molar-refractivity contribution in [2.24, 2.45) is 0 Å². The first-order valence-electron chi connectivity index (χ1n) is 5.64. The van der Waals surface area contributed by atoms with Gasteiger partial charge >= 0.3 is 0 Å². The maximum absolute atomic E-state index is 4.27. The van der Waals surface area contributed by atoms with Crippen LogP contribution in [0.3, 0.4) is 0 Å². The van der Waals surface area contributed by atoms with Crippen LogP contribution in [0.5, 0.6) is 0 Å². The Bertz CT molecular complexity index is 519. The van der Waals surface area contributed by atoms with Gasteiger partial charge in [0.25, 0.3) is 0 Å². The maximum Gasteiger partial charge on any atom is 0.114 e. The van der Waals surface area contributed by atoms with Crippen LogP contribution >= 0.6 is 11.8 Å². The van der Waals surface area contributed by atoms with Crippen molar-refractivity contribution in [1.82, 2.24) is 20.3 Å². The number of nitrogens with one attached hydrogen (secondary N) is 1. The minimum atomic E-state index is 0.470. The van der Waals surface area contributed by atoms with Crippen LogP contribution in [0, 0.1) is 0 Å². The molecule has 0 saturated carbocycles. The first-order valence-corrected chi connectivity index (χ1v) is 6.87. The van der Waals surface area contributed by atoms with Crippen molar-refractivity contribution in [3.63, 3.8) is 0 Å². The van der Waals surface area contributed by atoms with Crippen LogP contribution in [0.2, 0.25) is 0 Å². The molecule has 3 rings (SSSR count). The van der Waals surface area contributed by atoms with Gasteiger partial charge in [-0.1, -0.05) is 23.4 Å². The van der Waals surface area contributed by atoms with Gasteiger partial charge in [0.15, 0.2) is 0 Å². The lowest BCUT2D eigenvalue weighted by Gasteiger charge is -2.26. The van der Waals surface area contributed by atoms with Gasteiger partial charge in [-0.2, -0.15) is 0 Å². The van der Waals surface area contributed by atoms with Gasteiger partial charge in [-0.05, 0) is 12.3 Å². The Morgan fingerprint density at radius 1 is 1.35 bits per heavy atom. The van der Waals surface area contributed by atoms with E-state index in [-0.39, 0.29) is 0 Å². The molecule has 2 aromatic rings. The normalized spacial score (nSPS) is 15.8. The van der Waals surface area contributed by atoms with Crippen molar-refractivity contribution >= 4 is 11.8 Å². The molecule has 0 atom stereocenters. The molecule has 1 aliphatic heterocycles. The Morgan fingerprint density at radius 2 is 2.18 bits per heavy atom. The molecule has 17 heavy (non-hydrogen) atoms. The second-order valence-electron chi connectivity index (χ2n) is 4.10. The molecule has 1 fully saturated rings. The van der Waals surface area contributed by atoms with Crippen LogP contribution in [-0.4, -0.2) is 34.3 Å². The first-order chi connectivity index (χ1) is 8.38. The molecule has 1 aromatic carbocycles. The molecule has 0 aliphatic carbocycles. The Kier molecular flexibility index (Phi) is 2.86. The van der Waals surface area contributed by atoms with Gasteiger partial charge in [0.2, 0.25) is 0 Å². The largest absolute Gasteiger partial charge is 0.312 e. The molecule has 0 bridgehead atoms. The number of benzene rings is 1. The Morgan fingerprint density at radius 3 is 2.88 bits per heavy atom. The van der Waals surface area contributed by atoms with E-state index >= 15 is 0 Å². The lowest BCUT2D eigenvalue weighted by atomic mass is 10.1. The van der Waals surface area contributed by atoms with Crippen LogP contribution in [0.4, 0.5) is 0 Å². The summed E-state index contributed by atoms with van der Waals surface area (Å²) >= 11 is 1.74. The molecule has 5 heteroatoms. The minimum absolute atomic E-state index is 0.470. The monoisotopic (exact) mass is 246 g/mol. The third-order valence-corrected chi connectivity index (χ3v) is 3.82. The van der Waals surface area contributed by atoms with E-state index in [9.17, 15) is 0 Å². The zero-order valence-corrected chi connectivity index (χ0v) is 10.4. The van der Waals surface area contributed by atoms with E-state index in [0.717, 1.165) is 18.8 Å². The number of thioether (sulfide) groups is 1. The average molecular weight is 246 g/mol. The van der Waals surface area contributed by atoms with E-state index in [2.05, 4.69) is 40.1 Å². The van der Waals surface area contributed by atoms with Crippen molar-refractivity contribution in [3.8, 4) is 11.3 Å². The molecule has 0 radical (unpaired) electrons. The molecular formula is C12H14N4S. The predicted molar refractivity (Wildman–Crippen MR) is 69.1 cm³/mol. The summed E-state index contributed by atoms with van der Waals surface area (Å²) in [6.07, 6.45) is 4.12. The number of hydrogen-bond acceptors (Lipinski definition) is 4. The molecule has 0 spiro atoms. The summed E-state index contributed by atoms with van der Waals surface area (Å²) < 4.78 is 1.96. The molecule has 0 amide bonds. The van der Waals surface area contributed by atoms with Crippen LogP contribution in [0.1, 0.15) is 6.04 Å². The summed E-state index contributed by atoms with van der Waals surface area (Å²) in [7, 11) is 0. The number of rotatable bonds is 3. The van der Waals surface area contributed by atoms with Crippen molar-refractivity contribution in [3.05, 3.63) is 30.5 Å². The average Bonchev–Trinajstić information content (AvgIpc) is 2.76. The number of hydrogen-bond donors (Lipinski definition) is 1. The third kappa shape index (κ3) is 1.96. The van der Waals surface area contributed by atoms with Crippen LogP contribution < -0.4 is 5.32 Å². The van der Waals surface area contributed by atoms with Crippen molar-refractivity contribution in [2.45, 2.75) is 10.9 Å².